The zero-order chi connectivity index (χ0) is 15.6. The van der Waals surface area contributed by atoms with Crippen LogP contribution in [0.3, 0.4) is 0 Å². The Balaban J connectivity index is 2.10. The van der Waals surface area contributed by atoms with Crippen molar-refractivity contribution in [2.24, 2.45) is 0 Å². The van der Waals surface area contributed by atoms with E-state index in [2.05, 4.69) is 0 Å². The van der Waals surface area contributed by atoms with Gasteiger partial charge in [-0.15, -0.1) is 0 Å². The Bertz CT molecular complexity index is 506. The van der Waals surface area contributed by atoms with E-state index in [1.807, 2.05) is 0 Å². The van der Waals surface area contributed by atoms with Gasteiger partial charge in [-0.05, 0) is 17.7 Å². The van der Waals surface area contributed by atoms with Gasteiger partial charge in [-0.2, -0.15) is 8.78 Å². The predicted molar refractivity (Wildman–Crippen MR) is 62.6 cm³/mol. The molecular weight excluding hydrogens is 297 g/mol. The summed E-state index contributed by atoms with van der Waals surface area (Å²) >= 11 is 0. The highest BCUT2D eigenvalue weighted by Gasteiger charge is 2.51. The second-order valence-electron chi connectivity index (χ2n) is 4.59. The van der Waals surface area contributed by atoms with Crippen LogP contribution in [-0.2, 0) is 9.53 Å². The normalized spacial score (nSPS) is 19.9. The average molecular weight is 309 g/mol. The Morgan fingerprint density at radius 2 is 1.90 bits per heavy atom. The Kier molecular flexibility index (Phi) is 4.46. The Hall–Kier alpha value is -1.70. The van der Waals surface area contributed by atoms with E-state index in [4.69, 9.17) is 4.74 Å². The van der Waals surface area contributed by atoms with Gasteiger partial charge in [0.2, 0.25) is 0 Å². The fourth-order valence-corrected chi connectivity index (χ4v) is 2.02. The van der Waals surface area contributed by atoms with Crippen molar-refractivity contribution in [1.29, 1.82) is 0 Å². The molecule has 21 heavy (non-hydrogen) atoms. The second-order valence-corrected chi connectivity index (χ2v) is 4.59. The molecule has 1 saturated heterocycles. The first kappa shape index (κ1) is 15.7. The number of halogens is 5. The minimum atomic E-state index is -4.72. The number of nitrogens with zero attached hydrogens (tertiary/aromatic N) is 1. The molecule has 0 N–H and O–H groups in total. The van der Waals surface area contributed by atoms with Crippen LogP contribution in [0.4, 0.5) is 22.0 Å². The van der Waals surface area contributed by atoms with E-state index in [1.54, 1.807) is 0 Å². The van der Waals surface area contributed by atoms with Crippen molar-refractivity contribution in [3.05, 3.63) is 35.6 Å². The van der Waals surface area contributed by atoms with Crippen LogP contribution < -0.4 is 0 Å². The first-order chi connectivity index (χ1) is 9.82. The first-order valence-corrected chi connectivity index (χ1v) is 6.14. The summed E-state index contributed by atoms with van der Waals surface area (Å²) in [5, 5.41) is 0. The Labute approximate surface area is 117 Å². The van der Waals surface area contributed by atoms with Gasteiger partial charge in [0, 0.05) is 6.54 Å². The van der Waals surface area contributed by atoms with E-state index in [9.17, 15) is 26.7 Å². The lowest BCUT2D eigenvalue weighted by Crippen LogP contribution is -2.52. The van der Waals surface area contributed by atoms with Crippen LogP contribution >= 0.6 is 0 Å². The van der Waals surface area contributed by atoms with E-state index >= 15 is 0 Å². The smallest absolute Gasteiger partial charge is 0.370 e. The van der Waals surface area contributed by atoms with Gasteiger partial charge in [0.05, 0.1) is 13.2 Å². The highest BCUT2D eigenvalue weighted by Crippen LogP contribution is 2.29. The van der Waals surface area contributed by atoms with Crippen LogP contribution in [0.25, 0.3) is 0 Å². The van der Waals surface area contributed by atoms with Crippen LogP contribution in [0.5, 0.6) is 0 Å². The van der Waals surface area contributed by atoms with Crippen molar-refractivity contribution in [2.45, 2.75) is 18.5 Å². The standard InChI is InChI=1S/C13H12F5NO2/c14-9-3-1-8(2-4-9)10-7-19(5-6-21-10)12(20)13(17,18)11(15)16/h1-4,10-11H,5-7H2. The summed E-state index contributed by atoms with van der Waals surface area (Å²) in [6.07, 6.45) is -4.81. The molecule has 0 bridgehead atoms. The summed E-state index contributed by atoms with van der Waals surface area (Å²) in [5.74, 6) is -7.12. The molecule has 1 unspecified atom stereocenters. The van der Waals surface area contributed by atoms with Crippen molar-refractivity contribution < 1.29 is 31.5 Å². The van der Waals surface area contributed by atoms with Gasteiger partial charge in [-0.3, -0.25) is 4.79 Å². The van der Waals surface area contributed by atoms with Crippen LogP contribution in [0.15, 0.2) is 24.3 Å². The molecule has 0 radical (unpaired) electrons. The van der Waals surface area contributed by atoms with Crippen molar-refractivity contribution in [3.8, 4) is 0 Å². The molecule has 1 heterocycles. The summed E-state index contributed by atoms with van der Waals surface area (Å²) in [7, 11) is 0. The van der Waals surface area contributed by atoms with E-state index in [-0.39, 0.29) is 19.7 Å². The highest BCUT2D eigenvalue weighted by molar-refractivity contribution is 5.84. The van der Waals surface area contributed by atoms with E-state index in [1.165, 1.54) is 12.1 Å². The summed E-state index contributed by atoms with van der Waals surface area (Å²) in [6, 6.07) is 5.10. The SMILES string of the molecule is O=C(N1CCOC(c2ccc(F)cc2)C1)C(F)(F)C(F)F. The number of carbonyl (C=O) groups is 1. The summed E-state index contributed by atoms with van der Waals surface area (Å²) in [6.45, 7) is -0.543. The topological polar surface area (TPSA) is 29.5 Å². The maximum atomic E-state index is 13.1. The third-order valence-electron chi connectivity index (χ3n) is 3.15. The van der Waals surface area contributed by atoms with Gasteiger partial charge in [0.25, 0.3) is 5.91 Å². The number of hydrogen-bond donors (Lipinski definition) is 0. The minimum absolute atomic E-state index is 0.0624. The molecule has 116 valence electrons. The van der Waals surface area contributed by atoms with E-state index in [0.717, 1.165) is 12.1 Å². The number of alkyl halides is 4. The quantitative estimate of drug-likeness (QED) is 0.803. The third-order valence-corrected chi connectivity index (χ3v) is 3.15. The fourth-order valence-electron chi connectivity index (χ4n) is 2.02. The molecule has 8 heteroatoms. The predicted octanol–water partition coefficient (Wildman–Crippen LogP) is 2.63. The lowest BCUT2D eigenvalue weighted by atomic mass is 10.1. The van der Waals surface area contributed by atoms with Crippen LogP contribution in [0.2, 0.25) is 0 Å². The highest BCUT2D eigenvalue weighted by atomic mass is 19.3. The molecule has 0 spiro atoms. The van der Waals surface area contributed by atoms with Gasteiger partial charge >= 0.3 is 12.3 Å². The largest absolute Gasteiger partial charge is 0.383 e. The van der Waals surface area contributed by atoms with Gasteiger partial charge in [0.1, 0.15) is 11.9 Å². The van der Waals surface area contributed by atoms with Crippen LogP contribution in [-0.4, -0.2) is 42.9 Å². The molecule has 1 aromatic carbocycles. The molecule has 0 aromatic heterocycles. The maximum Gasteiger partial charge on any atom is 0.383 e. The number of hydrogen-bond acceptors (Lipinski definition) is 2. The second kappa shape index (κ2) is 5.97. The summed E-state index contributed by atoms with van der Waals surface area (Å²) in [5.41, 5.74) is 0.481. The summed E-state index contributed by atoms with van der Waals surface area (Å²) in [4.78, 5) is 12.1. The van der Waals surface area contributed by atoms with Crippen molar-refractivity contribution in [1.82, 2.24) is 4.90 Å². The molecule has 1 aliphatic heterocycles. The average Bonchev–Trinajstić information content (AvgIpc) is 2.47. The third kappa shape index (κ3) is 3.31. The molecular formula is C13H12F5NO2. The number of amides is 1. The molecule has 1 aromatic rings. The molecule has 0 saturated carbocycles. The van der Waals surface area contributed by atoms with Gasteiger partial charge in [0.15, 0.2) is 0 Å². The number of ether oxygens (including phenoxy) is 1. The van der Waals surface area contributed by atoms with Crippen LogP contribution in [0, 0.1) is 5.82 Å². The number of benzene rings is 1. The molecule has 1 amide bonds. The fraction of sp³-hybridized carbons (Fsp3) is 0.462. The summed E-state index contributed by atoms with van der Waals surface area (Å²) < 4.78 is 68.7. The van der Waals surface area contributed by atoms with Crippen molar-refractivity contribution in [2.75, 3.05) is 19.7 Å². The zero-order valence-electron chi connectivity index (χ0n) is 10.7. The Morgan fingerprint density at radius 3 is 2.48 bits per heavy atom. The lowest BCUT2D eigenvalue weighted by Gasteiger charge is -2.34. The van der Waals surface area contributed by atoms with Crippen LogP contribution in [0.1, 0.15) is 11.7 Å². The van der Waals surface area contributed by atoms with Gasteiger partial charge < -0.3 is 9.64 Å². The van der Waals surface area contributed by atoms with Gasteiger partial charge in [-0.25, -0.2) is 13.2 Å². The monoisotopic (exact) mass is 309 g/mol. The maximum absolute atomic E-state index is 13.1. The number of morpholine rings is 1. The Morgan fingerprint density at radius 1 is 1.29 bits per heavy atom. The van der Waals surface area contributed by atoms with Crippen molar-refractivity contribution in [3.63, 3.8) is 0 Å². The van der Waals surface area contributed by atoms with Gasteiger partial charge in [-0.1, -0.05) is 12.1 Å². The minimum Gasteiger partial charge on any atom is -0.370 e. The zero-order valence-corrected chi connectivity index (χ0v) is 10.7. The molecule has 1 fully saturated rings. The lowest BCUT2D eigenvalue weighted by molar-refractivity contribution is -0.186. The van der Waals surface area contributed by atoms with E-state index in [0.29, 0.717) is 10.5 Å². The molecule has 0 aliphatic carbocycles. The first-order valence-electron chi connectivity index (χ1n) is 6.14. The number of carbonyl (C=O) groups excluding carboxylic acids is 1. The molecule has 1 atom stereocenters. The number of rotatable bonds is 3. The molecule has 1 aliphatic rings. The molecule has 3 nitrogen and oxygen atoms in total. The van der Waals surface area contributed by atoms with E-state index < -0.39 is 30.2 Å². The molecule has 2 rings (SSSR count). The van der Waals surface area contributed by atoms with Crippen molar-refractivity contribution >= 4 is 5.91 Å².